The summed E-state index contributed by atoms with van der Waals surface area (Å²) in [6, 6.07) is 25.1. The van der Waals surface area contributed by atoms with Crippen LogP contribution in [0.3, 0.4) is 0 Å². The largest absolute Gasteiger partial charge is 0.459 e. The van der Waals surface area contributed by atoms with Gasteiger partial charge in [-0.15, -0.1) is 6.58 Å². The maximum absolute atomic E-state index is 14.3. The fourth-order valence-corrected chi connectivity index (χ4v) is 9.88. The summed E-state index contributed by atoms with van der Waals surface area (Å²) in [7, 11) is 1.38. The molecule has 1 saturated carbocycles. The number of carbonyl (C=O) groups excluding carboxylic acids is 1. The summed E-state index contributed by atoms with van der Waals surface area (Å²) < 4.78 is 37.9. The highest BCUT2D eigenvalue weighted by atomic mass is 16.7. The lowest BCUT2D eigenvalue weighted by Gasteiger charge is -2.59. The number of hydrogen-bond acceptors (Lipinski definition) is 11. The van der Waals surface area contributed by atoms with Gasteiger partial charge in [0.15, 0.2) is 11.5 Å². The summed E-state index contributed by atoms with van der Waals surface area (Å²) in [5.41, 5.74) is 3.42. The topological polar surface area (TPSA) is 138 Å². The van der Waals surface area contributed by atoms with Gasteiger partial charge in [-0.25, -0.2) is 4.79 Å². The van der Waals surface area contributed by atoms with E-state index in [0.717, 1.165) is 53.2 Å². The Morgan fingerprint density at radius 2 is 1.67 bits per heavy atom. The number of allylic oxidation sites excluding steroid dienone is 1. The average Bonchev–Trinajstić information content (AvgIpc) is 3.76. The van der Waals surface area contributed by atoms with Gasteiger partial charge in [0.2, 0.25) is 12.6 Å². The van der Waals surface area contributed by atoms with Crippen LogP contribution in [0.25, 0.3) is 10.8 Å². The molecular weight excluding hydrogens is 777 g/mol. The van der Waals surface area contributed by atoms with E-state index in [0.29, 0.717) is 53.9 Å². The van der Waals surface area contributed by atoms with Gasteiger partial charge in [0.05, 0.1) is 25.3 Å². The van der Waals surface area contributed by atoms with Crippen molar-refractivity contribution in [3.05, 3.63) is 114 Å². The zero-order valence-corrected chi connectivity index (χ0v) is 35.0. The van der Waals surface area contributed by atoms with Gasteiger partial charge in [-0.05, 0) is 109 Å². The maximum Gasteiger partial charge on any atom is 0.410 e. The zero-order valence-electron chi connectivity index (χ0n) is 35.0. The quantitative estimate of drug-likeness (QED) is 0.0567. The first-order chi connectivity index (χ1) is 29.9. The van der Waals surface area contributed by atoms with E-state index in [1.54, 1.807) is 11.0 Å². The van der Waals surface area contributed by atoms with Crippen LogP contribution in [-0.4, -0.2) is 79.1 Å². The van der Waals surface area contributed by atoms with Crippen LogP contribution in [-0.2, 0) is 20.9 Å². The summed E-state index contributed by atoms with van der Waals surface area (Å²) >= 11 is 0. The Balaban J connectivity index is 1.31. The summed E-state index contributed by atoms with van der Waals surface area (Å²) in [5, 5.41) is 26.9. The molecule has 8 rings (SSSR count). The number of fused-ring (bicyclic) bond motifs is 4. The van der Waals surface area contributed by atoms with E-state index in [9.17, 15) is 15.0 Å². The second-order valence-corrected chi connectivity index (χ2v) is 16.1. The zero-order chi connectivity index (χ0) is 42.3. The van der Waals surface area contributed by atoms with Gasteiger partial charge in [-0.1, -0.05) is 66.5 Å². The Morgan fingerprint density at radius 3 is 2.46 bits per heavy atom. The van der Waals surface area contributed by atoms with Crippen molar-refractivity contribution in [2.75, 3.05) is 40.3 Å². The monoisotopic (exact) mass is 832 g/mol. The number of oxime groups is 1. The van der Waals surface area contributed by atoms with Crippen molar-refractivity contribution in [2.45, 2.75) is 76.2 Å². The molecule has 12 heteroatoms. The smallest absolute Gasteiger partial charge is 0.410 e. The van der Waals surface area contributed by atoms with Gasteiger partial charge in [-0.3, -0.25) is 4.90 Å². The molecule has 0 spiro atoms. The number of methoxy groups -OCH3 is 1. The van der Waals surface area contributed by atoms with Gasteiger partial charge in [0.1, 0.15) is 29.9 Å². The molecule has 2 aliphatic carbocycles. The molecule has 6 unspecified atom stereocenters. The van der Waals surface area contributed by atoms with Gasteiger partial charge in [0, 0.05) is 37.7 Å². The van der Waals surface area contributed by atoms with Crippen molar-refractivity contribution in [3.63, 3.8) is 0 Å². The summed E-state index contributed by atoms with van der Waals surface area (Å²) in [5.74, 6) is 1.24. The van der Waals surface area contributed by atoms with Crippen LogP contribution < -0.4 is 18.9 Å². The predicted molar refractivity (Wildman–Crippen MR) is 231 cm³/mol. The van der Waals surface area contributed by atoms with Crippen LogP contribution in [0.1, 0.15) is 68.9 Å². The van der Waals surface area contributed by atoms with Crippen molar-refractivity contribution >= 4 is 22.6 Å². The van der Waals surface area contributed by atoms with Crippen molar-refractivity contribution in [1.82, 2.24) is 4.90 Å². The summed E-state index contributed by atoms with van der Waals surface area (Å²) in [4.78, 5) is 21.8. The van der Waals surface area contributed by atoms with E-state index >= 15 is 0 Å². The maximum atomic E-state index is 14.3. The minimum atomic E-state index is -1.44. The van der Waals surface area contributed by atoms with Gasteiger partial charge in [0.25, 0.3) is 0 Å². The molecule has 4 aliphatic rings. The number of benzene rings is 4. The highest BCUT2D eigenvalue weighted by Crippen LogP contribution is 2.62. The van der Waals surface area contributed by atoms with Crippen LogP contribution in [0.5, 0.6) is 28.7 Å². The molecular formula is C49H56N2O10. The first-order valence-corrected chi connectivity index (χ1v) is 21.5. The van der Waals surface area contributed by atoms with Crippen LogP contribution in [0.4, 0.5) is 4.79 Å². The van der Waals surface area contributed by atoms with Crippen molar-refractivity contribution < 1.29 is 48.3 Å². The number of unbranched alkanes of at least 4 members (excludes halogenated alkanes) is 2. The number of nitrogens with zero attached hydrogens (tertiary/aromatic N) is 2. The lowest BCUT2D eigenvalue weighted by molar-refractivity contribution is -0.256. The van der Waals surface area contributed by atoms with Crippen molar-refractivity contribution in [3.8, 4) is 28.7 Å². The first kappa shape index (κ1) is 42.1. The fourth-order valence-electron chi connectivity index (χ4n) is 9.88. The highest BCUT2D eigenvalue weighted by molar-refractivity contribution is 6.03. The van der Waals surface area contributed by atoms with E-state index in [4.69, 9.17) is 38.4 Å². The van der Waals surface area contributed by atoms with Crippen molar-refractivity contribution in [1.29, 1.82) is 0 Å². The number of carbonyl (C=O) groups is 1. The van der Waals surface area contributed by atoms with E-state index in [1.165, 1.54) is 7.11 Å². The van der Waals surface area contributed by atoms with E-state index in [2.05, 4.69) is 36.9 Å². The standard InChI is InChI=1S/C49H56N2O10/c1-4-24-58-49-45(51(48(54)55-3)30-32-16-20-43-44(25-32)57-31-56-43)29-41(50-59-5-2)39-27-35(14-8-10-22-52)38(15-9-11-23-53)46(47(39)49)40-28-37(19-21-42(40)61-49)60-36-18-17-33-12-6-7-13-34(33)26-36/h4,6-7,12-13,16-21,25-28,35,38,45-47,52-53H,1,5,8-11,14-15,22-24,29-31H2,2-3H3. The molecule has 0 bridgehead atoms. The molecule has 2 heterocycles. The number of aliphatic hydroxyl groups excluding tert-OH is 2. The minimum Gasteiger partial charge on any atom is -0.459 e. The molecule has 4 aromatic carbocycles. The summed E-state index contributed by atoms with van der Waals surface area (Å²) in [6.45, 7) is 6.88. The number of ether oxygens (including phenoxy) is 6. The number of rotatable bonds is 18. The van der Waals surface area contributed by atoms with Crippen molar-refractivity contribution in [2.24, 2.45) is 22.9 Å². The van der Waals surface area contributed by atoms with Crippen LogP contribution in [0.15, 0.2) is 108 Å². The molecule has 6 atom stereocenters. The first-order valence-electron chi connectivity index (χ1n) is 21.5. The third-order valence-corrected chi connectivity index (χ3v) is 12.5. The average molecular weight is 833 g/mol. The molecule has 0 aromatic heterocycles. The fraction of sp³-hybridized carbons (Fsp3) is 0.429. The number of hydrogen-bond donors (Lipinski definition) is 2. The van der Waals surface area contributed by atoms with Gasteiger partial charge >= 0.3 is 6.09 Å². The highest BCUT2D eigenvalue weighted by Gasteiger charge is 2.65. The molecule has 61 heavy (non-hydrogen) atoms. The Morgan fingerprint density at radius 1 is 0.918 bits per heavy atom. The molecule has 4 aromatic rings. The Hall–Kier alpha value is -5.56. The molecule has 1 fully saturated rings. The SMILES string of the molecule is C=CCOC12Oc3ccc(Oc4ccc5ccccc5c4)cc3C3C(CCCCO)C(CCCCO)C=C(C(=NOCC)CC1N(Cc1ccc4c(c1)OCO4)C(=O)OC)C32. The second-order valence-electron chi connectivity index (χ2n) is 16.1. The Bertz CT molecular complexity index is 2260. The minimum absolute atomic E-state index is 0.0526. The number of amides is 1. The molecule has 0 saturated heterocycles. The van der Waals surface area contributed by atoms with E-state index in [1.807, 2.05) is 61.5 Å². The number of aliphatic hydroxyl groups is 2. The van der Waals surface area contributed by atoms with Crippen LogP contribution in [0, 0.1) is 17.8 Å². The van der Waals surface area contributed by atoms with Crippen LogP contribution >= 0.6 is 0 Å². The Kier molecular flexibility index (Phi) is 13.1. The lowest BCUT2D eigenvalue weighted by Crippen LogP contribution is -2.70. The lowest BCUT2D eigenvalue weighted by atomic mass is 9.55. The Labute approximate surface area is 357 Å². The van der Waals surface area contributed by atoms with Crippen LogP contribution in [0.2, 0.25) is 0 Å². The second kappa shape index (κ2) is 19.0. The molecule has 12 nitrogen and oxygen atoms in total. The molecule has 0 radical (unpaired) electrons. The molecule has 1 amide bonds. The molecule has 2 N–H and O–H groups in total. The third-order valence-electron chi connectivity index (χ3n) is 12.5. The van der Waals surface area contributed by atoms with Gasteiger partial charge < -0.3 is 43.5 Å². The van der Waals surface area contributed by atoms with E-state index < -0.39 is 23.8 Å². The molecule has 322 valence electrons. The normalized spacial score (nSPS) is 24.0. The third kappa shape index (κ3) is 8.54. The predicted octanol–water partition coefficient (Wildman–Crippen LogP) is 9.28. The molecule has 2 aliphatic heterocycles. The van der Waals surface area contributed by atoms with Gasteiger partial charge in [-0.2, -0.15) is 0 Å². The summed E-state index contributed by atoms with van der Waals surface area (Å²) in [6.07, 6.45) is 8.33. The van der Waals surface area contributed by atoms with E-state index in [-0.39, 0.29) is 57.3 Å².